The molecule has 1 aliphatic rings. The second kappa shape index (κ2) is 6.66. The van der Waals surface area contributed by atoms with Gasteiger partial charge in [-0.15, -0.1) is 11.3 Å². The number of nitrogens with one attached hydrogen (secondary N) is 1. The molecule has 6 nitrogen and oxygen atoms in total. The van der Waals surface area contributed by atoms with Gasteiger partial charge in [-0.05, 0) is 24.6 Å². The number of carbonyl (C=O) groups is 2. The number of benzene rings is 1. The third-order valence-electron chi connectivity index (χ3n) is 3.88. The van der Waals surface area contributed by atoms with Crippen molar-refractivity contribution in [1.82, 2.24) is 15.2 Å². The zero-order chi connectivity index (χ0) is 17.3. The standard InChI is InChI=1S/C16H17FN4O2S/c1-9-20-13(14(24-9)10-2-4-11(17)5-3-10)16(23)21-7-6-19-8-12(21)15(18)22/h2-5,12,19H,6-8H2,1H3,(H2,18,22). The molecule has 1 aromatic heterocycles. The maximum Gasteiger partial charge on any atom is 0.274 e. The highest BCUT2D eigenvalue weighted by atomic mass is 32.1. The quantitative estimate of drug-likeness (QED) is 0.871. The molecule has 24 heavy (non-hydrogen) atoms. The first-order chi connectivity index (χ1) is 11.5. The number of thiazole rings is 1. The van der Waals surface area contributed by atoms with Gasteiger partial charge in [-0.1, -0.05) is 12.1 Å². The molecule has 1 saturated heterocycles. The lowest BCUT2D eigenvalue weighted by atomic mass is 10.1. The number of amides is 2. The number of aryl methyl sites for hydroxylation is 1. The fourth-order valence-electron chi connectivity index (χ4n) is 2.71. The van der Waals surface area contributed by atoms with Gasteiger partial charge in [-0.25, -0.2) is 9.37 Å². The minimum atomic E-state index is -0.700. The van der Waals surface area contributed by atoms with Gasteiger partial charge in [-0.3, -0.25) is 9.59 Å². The van der Waals surface area contributed by atoms with E-state index in [1.807, 2.05) is 0 Å². The van der Waals surface area contributed by atoms with Gasteiger partial charge in [-0.2, -0.15) is 0 Å². The second-order valence-corrected chi connectivity index (χ2v) is 6.74. The van der Waals surface area contributed by atoms with E-state index in [1.54, 1.807) is 19.1 Å². The summed E-state index contributed by atoms with van der Waals surface area (Å²) in [4.78, 5) is 31.0. The third kappa shape index (κ3) is 3.15. The van der Waals surface area contributed by atoms with Crippen molar-refractivity contribution in [3.63, 3.8) is 0 Å². The number of rotatable bonds is 3. The van der Waals surface area contributed by atoms with Crippen LogP contribution >= 0.6 is 11.3 Å². The van der Waals surface area contributed by atoms with E-state index in [0.29, 0.717) is 24.5 Å². The lowest BCUT2D eigenvalue weighted by Crippen LogP contribution is -2.58. The summed E-state index contributed by atoms with van der Waals surface area (Å²) >= 11 is 1.36. The number of halogens is 1. The van der Waals surface area contributed by atoms with E-state index in [0.717, 1.165) is 10.6 Å². The highest BCUT2D eigenvalue weighted by Crippen LogP contribution is 2.31. The Morgan fingerprint density at radius 1 is 1.38 bits per heavy atom. The molecule has 1 aliphatic heterocycles. The zero-order valence-electron chi connectivity index (χ0n) is 13.1. The van der Waals surface area contributed by atoms with Gasteiger partial charge in [0.2, 0.25) is 5.91 Å². The van der Waals surface area contributed by atoms with Crippen molar-refractivity contribution in [1.29, 1.82) is 0 Å². The number of hydrogen-bond acceptors (Lipinski definition) is 5. The van der Waals surface area contributed by atoms with Gasteiger partial charge < -0.3 is 16.0 Å². The van der Waals surface area contributed by atoms with Crippen LogP contribution in [0.2, 0.25) is 0 Å². The summed E-state index contributed by atoms with van der Waals surface area (Å²) < 4.78 is 13.2. The minimum Gasteiger partial charge on any atom is -0.368 e. The Labute approximate surface area is 142 Å². The maximum absolute atomic E-state index is 13.2. The van der Waals surface area contributed by atoms with E-state index >= 15 is 0 Å². The number of nitrogens with zero attached hydrogens (tertiary/aromatic N) is 2. The van der Waals surface area contributed by atoms with Crippen LogP contribution in [-0.2, 0) is 4.79 Å². The average Bonchev–Trinajstić information content (AvgIpc) is 2.96. The molecule has 1 atom stereocenters. The van der Waals surface area contributed by atoms with E-state index < -0.39 is 11.9 Å². The Kier molecular flexibility index (Phi) is 4.59. The Hall–Kier alpha value is -2.32. The number of aromatic nitrogens is 1. The van der Waals surface area contributed by atoms with Crippen molar-refractivity contribution in [2.75, 3.05) is 19.6 Å². The normalized spacial score (nSPS) is 17.8. The van der Waals surface area contributed by atoms with Gasteiger partial charge in [0.05, 0.1) is 9.88 Å². The molecular weight excluding hydrogens is 331 g/mol. The van der Waals surface area contributed by atoms with E-state index in [9.17, 15) is 14.0 Å². The van der Waals surface area contributed by atoms with Crippen molar-refractivity contribution in [2.45, 2.75) is 13.0 Å². The number of primary amides is 1. The van der Waals surface area contributed by atoms with E-state index in [4.69, 9.17) is 5.73 Å². The van der Waals surface area contributed by atoms with Gasteiger partial charge in [0.25, 0.3) is 5.91 Å². The summed E-state index contributed by atoms with van der Waals surface area (Å²) in [5.74, 6) is -1.22. The van der Waals surface area contributed by atoms with Crippen LogP contribution in [0.5, 0.6) is 0 Å². The third-order valence-corrected chi connectivity index (χ3v) is 4.90. The number of nitrogens with two attached hydrogens (primary N) is 1. The molecule has 3 rings (SSSR count). The van der Waals surface area contributed by atoms with Crippen molar-refractivity contribution in [3.05, 3.63) is 40.8 Å². The van der Waals surface area contributed by atoms with E-state index in [1.165, 1.54) is 28.4 Å². The first kappa shape index (κ1) is 16.5. The number of hydrogen-bond donors (Lipinski definition) is 2. The molecule has 0 aliphatic carbocycles. The van der Waals surface area contributed by atoms with E-state index in [-0.39, 0.29) is 17.4 Å². The Balaban J connectivity index is 1.98. The molecule has 1 aromatic carbocycles. The van der Waals surface area contributed by atoms with Crippen LogP contribution in [0.25, 0.3) is 10.4 Å². The highest BCUT2D eigenvalue weighted by Gasteiger charge is 2.33. The smallest absolute Gasteiger partial charge is 0.274 e. The molecule has 1 unspecified atom stereocenters. The molecule has 2 amide bonds. The van der Waals surface area contributed by atoms with Gasteiger partial charge in [0.15, 0.2) is 0 Å². The van der Waals surface area contributed by atoms with Crippen LogP contribution in [0.3, 0.4) is 0 Å². The summed E-state index contributed by atoms with van der Waals surface area (Å²) in [6, 6.07) is 5.21. The first-order valence-corrected chi connectivity index (χ1v) is 8.33. The fraction of sp³-hybridized carbons (Fsp3) is 0.312. The maximum atomic E-state index is 13.2. The van der Waals surface area contributed by atoms with Crippen molar-refractivity contribution < 1.29 is 14.0 Å². The molecule has 0 spiro atoms. The highest BCUT2D eigenvalue weighted by molar-refractivity contribution is 7.15. The summed E-state index contributed by atoms with van der Waals surface area (Å²) in [7, 11) is 0. The fourth-order valence-corrected chi connectivity index (χ4v) is 3.62. The predicted molar refractivity (Wildman–Crippen MR) is 89.1 cm³/mol. The average molecular weight is 348 g/mol. The van der Waals surface area contributed by atoms with Crippen LogP contribution < -0.4 is 11.1 Å². The van der Waals surface area contributed by atoms with Crippen molar-refractivity contribution >= 4 is 23.2 Å². The van der Waals surface area contributed by atoms with Gasteiger partial charge in [0.1, 0.15) is 17.6 Å². The molecule has 2 heterocycles. The zero-order valence-corrected chi connectivity index (χ0v) is 13.9. The Bertz CT molecular complexity index is 775. The number of carbonyl (C=O) groups excluding carboxylic acids is 2. The predicted octanol–water partition coefficient (Wildman–Crippen LogP) is 1.16. The molecule has 0 saturated carbocycles. The lowest BCUT2D eigenvalue weighted by Gasteiger charge is -2.33. The molecule has 126 valence electrons. The summed E-state index contributed by atoms with van der Waals surface area (Å²) in [5.41, 5.74) is 6.41. The van der Waals surface area contributed by atoms with Crippen LogP contribution in [0.15, 0.2) is 24.3 Å². The van der Waals surface area contributed by atoms with E-state index in [2.05, 4.69) is 10.3 Å². The molecule has 2 aromatic rings. The molecule has 0 bridgehead atoms. The molecular formula is C16H17FN4O2S. The molecule has 8 heteroatoms. The first-order valence-electron chi connectivity index (χ1n) is 7.51. The topological polar surface area (TPSA) is 88.3 Å². The summed E-state index contributed by atoms with van der Waals surface area (Å²) in [6.45, 7) is 3.10. The van der Waals surface area contributed by atoms with Crippen LogP contribution in [0.1, 0.15) is 15.5 Å². The summed E-state index contributed by atoms with van der Waals surface area (Å²) in [6.07, 6.45) is 0. The summed E-state index contributed by atoms with van der Waals surface area (Å²) in [5, 5.41) is 3.78. The van der Waals surface area contributed by atoms with Gasteiger partial charge >= 0.3 is 0 Å². The molecule has 0 radical (unpaired) electrons. The number of piperazine rings is 1. The van der Waals surface area contributed by atoms with Crippen LogP contribution in [0, 0.1) is 12.7 Å². The monoisotopic (exact) mass is 348 g/mol. The largest absolute Gasteiger partial charge is 0.368 e. The van der Waals surface area contributed by atoms with Crippen LogP contribution in [-0.4, -0.2) is 47.4 Å². The molecule has 3 N–H and O–H groups in total. The molecule has 1 fully saturated rings. The lowest BCUT2D eigenvalue weighted by molar-refractivity contribution is -0.122. The van der Waals surface area contributed by atoms with Crippen molar-refractivity contribution in [3.8, 4) is 10.4 Å². The SMILES string of the molecule is Cc1nc(C(=O)N2CCNCC2C(N)=O)c(-c2ccc(F)cc2)s1. The van der Waals surface area contributed by atoms with Gasteiger partial charge in [0, 0.05) is 19.6 Å². The minimum absolute atomic E-state index is 0.275. The second-order valence-electron chi connectivity index (χ2n) is 5.54. The Morgan fingerprint density at radius 3 is 2.75 bits per heavy atom. The van der Waals surface area contributed by atoms with Crippen molar-refractivity contribution in [2.24, 2.45) is 5.73 Å². The Morgan fingerprint density at radius 2 is 2.08 bits per heavy atom. The van der Waals surface area contributed by atoms with Crippen LogP contribution in [0.4, 0.5) is 4.39 Å².